The molecular formula is C25H22N2O4. The standard InChI is InChI=1S/C25H22N2O4/c1-4-30-25(29)19-10-8-18(9-11-19)23-13-12-21(31-23)14-20(15-26)24(28)27-22-7-5-6-16(2)17(22)3/h5-14H,4H2,1-3H3,(H,27,28)/b20-14+. The first-order valence-corrected chi connectivity index (χ1v) is 9.79. The number of anilines is 1. The number of benzene rings is 2. The lowest BCUT2D eigenvalue weighted by Gasteiger charge is -2.09. The van der Waals surface area contributed by atoms with Crippen LogP contribution in [-0.2, 0) is 9.53 Å². The molecule has 0 atom stereocenters. The lowest BCUT2D eigenvalue weighted by molar-refractivity contribution is -0.112. The highest BCUT2D eigenvalue weighted by Gasteiger charge is 2.13. The van der Waals surface area contributed by atoms with Crippen molar-refractivity contribution in [3.8, 4) is 17.4 Å². The Kier molecular flexibility index (Phi) is 6.68. The molecule has 1 amide bonds. The quantitative estimate of drug-likeness (QED) is 0.336. The van der Waals surface area contributed by atoms with Gasteiger partial charge in [-0.25, -0.2) is 4.79 Å². The van der Waals surface area contributed by atoms with Gasteiger partial charge in [-0.1, -0.05) is 24.3 Å². The second-order valence-corrected chi connectivity index (χ2v) is 6.87. The van der Waals surface area contributed by atoms with Gasteiger partial charge in [0.2, 0.25) is 0 Å². The molecule has 0 aliphatic rings. The van der Waals surface area contributed by atoms with Gasteiger partial charge in [-0.2, -0.15) is 5.26 Å². The van der Waals surface area contributed by atoms with Gasteiger partial charge in [0.05, 0.1) is 12.2 Å². The maximum atomic E-state index is 12.6. The van der Waals surface area contributed by atoms with Crippen LogP contribution in [0.25, 0.3) is 17.4 Å². The van der Waals surface area contributed by atoms with Crippen LogP contribution in [0, 0.1) is 25.2 Å². The first-order valence-electron chi connectivity index (χ1n) is 9.79. The lowest BCUT2D eigenvalue weighted by Crippen LogP contribution is -2.14. The molecule has 0 bridgehead atoms. The minimum atomic E-state index is -0.507. The van der Waals surface area contributed by atoms with Crippen molar-refractivity contribution in [2.45, 2.75) is 20.8 Å². The molecule has 0 fully saturated rings. The number of furan rings is 1. The minimum Gasteiger partial charge on any atom is -0.462 e. The number of ether oxygens (including phenoxy) is 1. The van der Waals surface area contributed by atoms with Gasteiger partial charge in [0.1, 0.15) is 23.2 Å². The number of hydrogen-bond donors (Lipinski definition) is 1. The molecule has 2 aromatic carbocycles. The van der Waals surface area contributed by atoms with Gasteiger partial charge in [0.15, 0.2) is 0 Å². The maximum Gasteiger partial charge on any atom is 0.338 e. The number of hydrogen-bond acceptors (Lipinski definition) is 5. The zero-order chi connectivity index (χ0) is 22.4. The molecule has 0 saturated carbocycles. The van der Waals surface area contributed by atoms with Gasteiger partial charge >= 0.3 is 5.97 Å². The number of carbonyl (C=O) groups is 2. The van der Waals surface area contributed by atoms with Crippen molar-refractivity contribution in [2.24, 2.45) is 0 Å². The lowest BCUT2D eigenvalue weighted by atomic mass is 10.1. The van der Waals surface area contributed by atoms with Gasteiger partial charge in [-0.3, -0.25) is 4.79 Å². The number of nitrogens with zero attached hydrogens (tertiary/aromatic N) is 1. The Morgan fingerprint density at radius 2 is 1.84 bits per heavy atom. The van der Waals surface area contributed by atoms with E-state index < -0.39 is 5.91 Å². The molecule has 0 spiro atoms. The molecule has 3 aromatic rings. The second-order valence-electron chi connectivity index (χ2n) is 6.87. The average molecular weight is 414 g/mol. The minimum absolute atomic E-state index is 0.0699. The summed E-state index contributed by atoms with van der Waals surface area (Å²) in [7, 11) is 0. The third-order valence-corrected chi connectivity index (χ3v) is 4.81. The molecule has 6 heteroatoms. The fraction of sp³-hybridized carbons (Fsp3) is 0.160. The summed E-state index contributed by atoms with van der Waals surface area (Å²) in [5, 5.41) is 12.2. The second kappa shape index (κ2) is 9.59. The van der Waals surface area contributed by atoms with Crippen LogP contribution < -0.4 is 5.32 Å². The molecule has 31 heavy (non-hydrogen) atoms. The van der Waals surface area contributed by atoms with E-state index in [2.05, 4.69) is 5.32 Å². The number of rotatable bonds is 6. The third kappa shape index (κ3) is 5.09. The van der Waals surface area contributed by atoms with Crippen LogP contribution in [-0.4, -0.2) is 18.5 Å². The molecule has 0 saturated heterocycles. The Hall–Kier alpha value is -4.11. The van der Waals surface area contributed by atoms with Crippen LogP contribution in [0.4, 0.5) is 5.69 Å². The zero-order valence-electron chi connectivity index (χ0n) is 17.6. The molecule has 1 N–H and O–H groups in total. The summed E-state index contributed by atoms with van der Waals surface area (Å²) >= 11 is 0. The van der Waals surface area contributed by atoms with Crippen molar-refractivity contribution in [3.63, 3.8) is 0 Å². The number of carbonyl (C=O) groups excluding carboxylic acids is 2. The van der Waals surface area contributed by atoms with Crippen molar-refractivity contribution >= 4 is 23.6 Å². The molecule has 0 aliphatic carbocycles. The van der Waals surface area contributed by atoms with Crippen molar-refractivity contribution in [1.82, 2.24) is 0 Å². The molecule has 156 valence electrons. The Balaban J connectivity index is 1.77. The Labute approximate surface area is 180 Å². The monoisotopic (exact) mass is 414 g/mol. The average Bonchev–Trinajstić information content (AvgIpc) is 3.24. The van der Waals surface area contributed by atoms with Gasteiger partial charge < -0.3 is 14.5 Å². The summed E-state index contributed by atoms with van der Waals surface area (Å²) in [5.74, 6) is 0.0320. The SMILES string of the molecule is CCOC(=O)c1ccc(-c2ccc(/C=C(\C#N)C(=O)Nc3cccc(C)c3C)o2)cc1. The molecule has 0 unspecified atom stereocenters. The smallest absolute Gasteiger partial charge is 0.338 e. The molecule has 6 nitrogen and oxygen atoms in total. The highest BCUT2D eigenvalue weighted by molar-refractivity contribution is 6.09. The van der Waals surface area contributed by atoms with E-state index in [1.54, 1.807) is 49.4 Å². The number of nitriles is 1. The highest BCUT2D eigenvalue weighted by atomic mass is 16.5. The van der Waals surface area contributed by atoms with E-state index in [1.807, 2.05) is 32.0 Å². The van der Waals surface area contributed by atoms with E-state index in [0.717, 1.165) is 16.7 Å². The van der Waals surface area contributed by atoms with E-state index in [9.17, 15) is 14.9 Å². The van der Waals surface area contributed by atoms with Crippen LogP contribution in [0.3, 0.4) is 0 Å². The fourth-order valence-electron chi connectivity index (χ4n) is 2.94. The largest absolute Gasteiger partial charge is 0.462 e. The molecule has 3 rings (SSSR count). The van der Waals surface area contributed by atoms with E-state index >= 15 is 0 Å². The molecule has 0 radical (unpaired) electrons. The van der Waals surface area contributed by atoms with Crippen LogP contribution in [0.15, 0.2) is 64.6 Å². The first-order chi connectivity index (χ1) is 14.9. The first kappa shape index (κ1) is 21.6. The number of esters is 1. The molecule has 1 aromatic heterocycles. The van der Waals surface area contributed by atoms with Crippen molar-refractivity contribution in [2.75, 3.05) is 11.9 Å². The van der Waals surface area contributed by atoms with E-state index in [4.69, 9.17) is 9.15 Å². The summed E-state index contributed by atoms with van der Waals surface area (Å²) in [6.45, 7) is 5.93. The number of nitrogens with one attached hydrogen (secondary N) is 1. The van der Waals surface area contributed by atoms with Gasteiger partial charge in [-0.05, 0) is 62.2 Å². The zero-order valence-corrected chi connectivity index (χ0v) is 17.6. The summed E-state index contributed by atoms with van der Waals surface area (Å²) in [4.78, 5) is 24.3. The van der Waals surface area contributed by atoms with E-state index in [1.165, 1.54) is 6.08 Å². The number of amides is 1. The van der Waals surface area contributed by atoms with Crippen molar-refractivity contribution in [1.29, 1.82) is 5.26 Å². The van der Waals surface area contributed by atoms with Crippen molar-refractivity contribution < 1.29 is 18.7 Å². The molecule has 0 aliphatic heterocycles. The summed E-state index contributed by atoms with van der Waals surface area (Å²) in [5.41, 5.74) is 3.79. The summed E-state index contributed by atoms with van der Waals surface area (Å²) < 4.78 is 10.7. The van der Waals surface area contributed by atoms with E-state index in [0.29, 0.717) is 29.4 Å². The van der Waals surface area contributed by atoms with Crippen molar-refractivity contribution in [3.05, 3.63) is 82.6 Å². The number of aryl methyl sites for hydroxylation is 1. The third-order valence-electron chi connectivity index (χ3n) is 4.81. The van der Waals surface area contributed by atoms with Crippen LogP contribution in [0.1, 0.15) is 34.2 Å². The fourth-order valence-corrected chi connectivity index (χ4v) is 2.94. The normalized spacial score (nSPS) is 11.0. The summed E-state index contributed by atoms with van der Waals surface area (Å²) in [6.07, 6.45) is 1.40. The predicted molar refractivity (Wildman–Crippen MR) is 118 cm³/mol. The maximum absolute atomic E-state index is 12.6. The van der Waals surface area contributed by atoms with Crippen LogP contribution >= 0.6 is 0 Å². The van der Waals surface area contributed by atoms with Crippen LogP contribution in [0.5, 0.6) is 0 Å². The van der Waals surface area contributed by atoms with Gasteiger partial charge in [0.25, 0.3) is 5.91 Å². The van der Waals surface area contributed by atoms with Gasteiger partial charge in [0, 0.05) is 17.3 Å². The van der Waals surface area contributed by atoms with E-state index in [-0.39, 0.29) is 11.5 Å². The Morgan fingerprint density at radius 1 is 1.10 bits per heavy atom. The topological polar surface area (TPSA) is 92.3 Å². The molecule has 1 heterocycles. The van der Waals surface area contributed by atoms with Gasteiger partial charge in [-0.15, -0.1) is 0 Å². The Morgan fingerprint density at radius 3 is 2.52 bits per heavy atom. The summed E-state index contributed by atoms with van der Waals surface area (Å²) in [6, 6.07) is 17.7. The highest BCUT2D eigenvalue weighted by Crippen LogP contribution is 2.25. The predicted octanol–water partition coefficient (Wildman–Crippen LogP) is 5.29. The molecular weight excluding hydrogens is 392 g/mol. The Bertz CT molecular complexity index is 1180. The van der Waals surface area contributed by atoms with Crippen LogP contribution in [0.2, 0.25) is 0 Å².